The molecule has 30 aliphatic heterocycles. The first-order valence-electron chi connectivity index (χ1n) is 29.6. The van der Waals surface area contributed by atoms with Gasteiger partial charge in [-0.15, -0.1) is 0 Å². The Kier molecular flexibility index (Phi) is 24.2. The normalized spacial score (nSPS) is 55.4. The Morgan fingerprint density at radius 3 is 0.523 bits per heavy atom. The van der Waals surface area contributed by atoms with Crippen LogP contribution in [0.5, 0.6) is 0 Å². The van der Waals surface area contributed by atoms with Gasteiger partial charge in [0.15, 0.2) is 50.3 Å². The van der Waals surface area contributed by atoms with Crippen molar-refractivity contribution < 1.29 is 178 Å². The molecule has 88 heavy (non-hydrogen) atoms. The van der Waals surface area contributed by atoms with E-state index in [-0.39, 0.29) is 19.3 Å². The summed E-state index contributed by atoms with van der Waals surface area (Å²) >= 11 is 0. The van der Waals surface area contributed by atoms with Crippen LogP contribution in [0.1, 0.15) is 47.0 Å². The van der Waals surface area contributed by atoms with Gasteiger partial charge in [0.25, 0.3) is 0 Å². The first kappa shape index (κ1) is 70.9. The van der Waals surface area contributed by atoms with Crippen LogP contribution in [0, 0.1) is 5.92 Å². The maximum atomic E-state index is 11.7. The summed E-state index contributed by atoms with van der Waals surface area (Å²) in [7, 11) is 0. The van der Waals surface area contributed by atoms with Gasteiger partial charge in [0, 0.05) is 5.92 Å². The van der Waals surface area contributed by atoms with Crippen molar-refractivity contribution in [2.45, 2.75) is 287 Å². The summed E-state index contributed by atoms with van der Waals surface area (Å²) in [6, 6.07) is 0. The van der Waals surface area contributed by atoms with Crippen LogP contribution in [0.4, 0.5) is 0 Å². The lowest BCUT2D eigenvalue weighted by atomic mass is 9.88. The van der Waals surface area contributed by atoms with Crippen LogP contribution in [-0.4, -0.2) is 375 Å². The molecule has 0 aliphatic carbocycles. The minimum atomic E-state index is -2.20. The summed E-state index contributed by atoms with van der Waals surface area (Å²) < 4.78 is 94.6. The van der Waals surface area contributed by atoms with E-state index in [2.05, 4.69) is 0 Å². The molecule has 40 atom stereocenters. The van der Waals surface area contributed by atoms with Gasteiger partial charge < -0.3 is 178 Å². The van der Waals surface area contributed by atoms with Crippen LogP contribution < -0.4 is 0 Å². The number of rotatable bonds is 8. The van der Waals surface area contributed by atoms with Crippen molar-refractivity contribution in [1.82, 2.24) is 0 Å². The molecular weight excluding hydrogens is 1200 g/mol. The lowest BCUT2D eigenvalue weighted by molar-refractivity contribution is -0.402. The molecule has 0 spiro atoms. The third-order valence-electron chi connectivity index (χ3n) is 17.9. The van der Waals surface area contributed by atoms with E-state index in [0.717, 1.165) is 0 Å². The molecule has 0 aromatic rings. The van der Waals surface area contributed by atoms with Gasteiger partial charge in [-0.05, 0) is 19.3 Å². The fraction of sp³-hybridized carbons (Fsp3) is 1.00. The zero-order valence-corrected chi connectivity index (χ0v) is 48.2. The van der Waals surface area contributed by atoms with Crippen molar-refractivity contribution in [3.05, 3.63) is 0 Å². The molecule has 0 aromatic heterocycles. The van der Waals surface area contributed by atoms with E-state index in [1.807, 2.05) is 0 Å². The Hall–Kier alpha value is -1.44. The van der Waals surface area contributed by atoms with Crippen LogP contribution in [-0.2, 0) is 75.8 Å². The molecule has 30 aliphatic rings. The van der Waals surface area contributed by atoms with Gasteiger partial charge >= 0.3 is 0 Å². The van der Waals surface area contributed by atoms with Crippen molar-refractivity contribution in [2.24, 2.45) is 5.92 Å². The van der Waals surface area contributed by atoms with E-state index in [1.165, 1.54) is 6.92 Å². The van der Waals surface area contributed by atoms with E-state index in [0.29, 0.717) is 0 Å². The molecule has 36 nitrogen and oxygen atoms in total. The molecular formula is C52H88O36. The van der Waals surface area contributed by atoms with Gasteiger partial charge in [0.1, 0.15) is 165 Å². The van der Waals surface area contributed by atoms with E-state index in [9.17, 15) is 102 Å². The molecule has 512 valence electrons. The van der Waals surface area contributed by atoms with E-state index in [1.54, 1.807) is 20.8 Å². The van der Waals surface area contributed by atoms with Crippen molar-refractivity contribution >= 4 is 0 Å². The summed E-state index contributed by atoms with van der Waals surface area (Å²) in [5, 5.41) is 225. The lowest BCUT2D eigenvalue weighted by Gasteiger charge is -2.51. The fourth-order valence-electron chi connectivity index (χ4n) is 12.7. The SMILES string of the molecule is CC[C@H]1OC2OC3[C@@H](CO)OC(OC4[C@H](O)C(O)C(OC5[C@H](O)C(O)C(OC6[C@@H](CO)OC(OC7[C@@H](CO)OC(OC8[C@@H](CC)OC(OC9[C@@H](CC)OC(OC1[C@H](O)C2O)[C@H](O)[C@H]9O)[C@H](O)[C@H]8C)[C@H](O)[C@H]7O)[C@H](O)[C@H]6O)O[C@@H]5CO)O[C@@H]4CO)[C@H](O)[C@H]3O. The van der Waals surface area contributed by atoms with Crippen molar-refractivity contribution in [2.75, 3.05) is 33.0 Å². The zero-order chi connectivity index (χ0) is 64.1. The maximum absolute atomic E-state index is 11.7. The molecule has 30 fully saturated rings. The second kappa shape index (κ2) is 30.1. The predicted octanol–water partition coefficient (Wildman–Crippen LogP) is -11.9. The molecule has 20 N–H and O–H groups in total. The van der Waals surface area contributed by atoms with Crippen LogP contribution in [0.2, 0.25) is 0 Å². The molecule has 0 amide bonds. The first-order valence-corrected chi connectivity index (χ1v) is 29.6. The predicted molar refractivity (Wildman–Crippen MR) is 274 cm³/mol. The Morgan fingerprint density at radius 2 is 0.341 bits per heavy atom. The third-order valence-corrected chi connectivity index (χ3v) is 17.9. The monoisotopic (exact) mass is 1290 g/mol. The van der Waals surface area contributed by atoms with E-state index >= 15 is 0 Å². The largest absolute Gasteiger partial charge is 0.394 e. The average Bonchev–Trinajstić information content (AvgIpc) is 0.984. The highest BCUT2D eigenvalue weighted by Gasteiger charge is 2.60. The van der Waals surface area contributed by atoms with Gasteiger partial charge in [-0.3, -0.25) is 0 Å². The molecule has 30 rings (SSSR count). The summed E-state index contributed by atoms with van der Waals surface area (Å²) in [5.74, 6) is -0.960. The Balaban J connectivity index is 0.975. The van der Waals surface area contributed by atoms with E-state index in [4.69, 9.17) is 75.8 Å². The molecule has 0 radical (unpaired) electrons. The number of hydrogen-bond donors (Lipinski definition) is 20. The quantitative estimate of drug-likeness (QED) is 0.107. The first-order chi connectivity index (χ1) is 41.9. The average molecular weight is 1290 g/mol. The van der Waals surface area contributed by atoms with Crippen LogP contribution in [0.3, 0.4) is 0 Å². The molecule has 36 heteroatoms. The summed E-state index contributed by atoms with van der Waals surface area (Å²) in [6.07, 6.45) is -70.4. The number of aliphatic hydroxyl groups excluding tert-OH is 20. The highest BCUT2D eigenvalue weighted by molar-refractivity contribution is 5.02. The summed E-state index contributed by atoms with van der Waals surface area (Å²) in [4.78, 5) is 0. The zero-order valence-electron chi connectivity index (χ0n) is 48.2. The van der Waals surface area contributed by atoms with Gasteiger partial charge in [0.2, 0.25) is 0 Å². The Labute approximate surface area is 502 Å². The van der Waals surface area contributed by atoms with Crippen molar-refractivity contribution in [1.29, 1.82) is 0 Å². The van der Waals surface area contributed by atoms with Crippen molar-refractivity contribution in [3.63, 3.8) is 0 Å². The summed E-state index contributed by atoms with van der Waals surface area (Å²) in [5.41, 5.74) is 0. The standard InChI is InChI=1S/C52H88O36/c1-5-14-37-13(4)22(58)45(73-14)82-38-15(6-2)74-46(30(66)23(38)59)83-39-16(7-3)75-47(31(67)24(39)60)84-40-18(9-54)77-49(33(69)26(40)62)86-42-20(11-56)79-51(35(71)28(42)64)88-44-21(12-57)80-52(36(72)29(44)65)87-43-19(10-55)78-50(34(70)27(43)63)85-41-17(8-53)76-48(81-37)32(68)25(41)61/h13-72H,5-12H2,1-4H3/t13-,14-,15-,16-,17-,18-,19-,20-,21-,22-,23-,24-,25-,26-,27-,28-,29-,30-,31?,32-,33-,34-,35?,36?,37?,38?,39?,40?,41?,42?,43?,44?,45?,46?,47?,48?,49?,50?,51?,52?/m1/s1. The number of aliphatic hydroxyl groups is 20. The molecule has 0 aromatic carbocycles. The highest BCUT2D eigenvalue weighted by atomic mass is 16.8. The van der Waals surface area contributed by atoms with Gasteiger partial charge in [0.05, 0.1) is 57.5 Å². The third kappa shape index (κ3) is 13.8. The van der Waals surface area contributed by atoms with Crippen LogP contribution in [0.15, 0.2) is 0 Å². The van der Waals surface area contributed by atoms with Crippen LogP contribution >= 0.6 is 0 Å². The van der Waals surface area contributed by atoms with Gasteiger partial charge in [-0.2, -0.15) is 0 Å². The van der Waals surface area contributed by atoms with Crippen molar-refractivity contribution in [3.8, 4) is 0 Å². The molecule has 0 saturated carbocycles. The molecule has 30 saturated heterocycles. The lowest BCUT2D eigenvalue weighted by Crippen LogP contribution is -2.68. The van der Waals surface area contributed by atoms with Crippen LogP contribution in [0.25, 0.3) is 0 Å². The smallest absolute Gasteiger partial charge is 0.187 e. The molecule has 30 heterocycles. The number of ether oxygens (including phenoxy) is 16. The van der Waals surface area contributed by atoms with Gasteiger partial charge in [-0.25, -0.2) is 0 Å². The van der Waals surface area contributed by atoms with Gasteiger partial charge in [-0.1, -0.05) is 27.7 Å². The minimum absolute atomic E-state index is 0.0134. The molecule has 19 unspecified atom stereocenters. The topological polar surface area (TPSA) is 552 Å². The Bertz CT molecular complexity index is 1700. The number of hydrogen-bond acceptors (Lipinski definition) is 36. The highest BCUT2D eigenvalue weighted by Crippen LogP contribution is 2.41. The molecule has 16 bridgehead atoms. The van der Waals surface area contributed by atoms with E-state index < -0.39 is 278 Å². The second-order valence-corrected chi connectivity index (χ2v) is 23.5. The summed E-state index contributed by atoms with van der Waals surface area (Å²) in [6.45, 7) is 1.43. The second-order valence-electron chi connectivity index (χ2n) is 23.5. The maximum Gasteiger partial charge on any atom is 0.187 e. The fourth-order valence-corrected chi connectivity index (χ4v) is 12.7. The minimum Gasteiger partial charge on any atom is -0.394 e. The Morgan fingerprint density at radius 1 is 0.193 bits per heavy atom.